The van der Waals surface area contributed by atoms with Crippen molar-refractivity contribution in [3.63, 3.8) is 0 Å². The number of benzene rings is 2. The van der Waals surface area contributed by atoms with Gasteiger partial charge in [-0.25, -0.2) is 0 Å². The highest BCUT2D eigenvalue weighted by molar-refractivity contribution is 8.00. The monoisotopic (exact) mass is 311 g/mol. The average Bonchev–Trinajstić information content (AvgIpc) is 2.45. The summed E-state index contributed by atoms with van der Waals surface area (Å²) in [5, 5.41) is 3.35. The number of hydrogen-bond acceptors (Lipinski definition) is 2. The minimum absolute atomic E-state index is 0.0897. The number of rotatable bonds is 5. The van der Waals surface area contributed by atoms with Crippen LogP contribution in [0.2, 0.25) is 0 Å². The van der Waals surface area contributed by atoms with Crippen molar-refractivity contribution in [3.8, 4) is 0 Å². The van der Waals surface area contributed by atoms with Crippen LogP contribution in [0.4, 0.5) is 13.2 Å². The fourth-order valence-corrected chi connectivity index (χ4v) is 2.48. The van der Waals surface area contributed by atoms with Gasteiger partial charge in [0.2, 0.25) is 0 Å². The summed E-state index contributed by atoms with van der Waals surface area (Å²) in [7, 11) is 0. The van der Waals surface area contributed by atoms with Crippen LogP contribution in [0.25, 0.3) is 0 Å². The molecule has 2 aromatic rings. The molecule has 0 fully saturated rings. The van der Waals surface area contributed by atoms with E-state index in [1.54, 1.807) is 12.1 Å². The highest BCUT2D eigenvalue weighted by Gasteiger charge is 2.28. The van der Waals surface area contributed by atoms with Gasteiger partial charge in [-0.3, -0.25) is 0 Å². The molecule has 0 bridgehead atoms. The number of nitrogens with one attached hydrogen (secondary N) is 1. The van der Waals surface area contributed by atoms with Gasteiger partial charge >= 0.3 is 5.51 Å². The Labute approximate surface area is 126 Å². The molecule has 0 aliphatic carbocycles. The zero-order valence-corrected chi connectivity index (χ0v) is 12.3. The molecule has 0 spiro atoms. The number of alkyl halides is 3. The normalized spacial score (nSPS) is 13.1. The first-order chi connectivity index (χ1) is 9.94. The smallest absolute Gasteiger partial charge is 0.306 e. The van der Waals surface area contributed by atoms with E-state index in [-0.39, 0.29) is 22.7 Å². The van der Waals surface area contributed by atoms with Crippen LogP contribution >= 0.6 is 11.8 Å². The number of thioether (sulfide) groups is 1. The van der Waals surface area contributed by atoms with Crippen LogP contribution in [0, 0.1) is 0 Å². The lowest BCUT2D eigenvalue weighted by Gasteiger charge is -2.14. The van der Waals surface area contributed by atoms with Gasteiger partial charge in [-0.15, -0.1) is 0 Å². The molecular formula is C16H16F3NS. The molecule has 2 aromatic carbocycles. The predicted molar refractivity (Wildman–Crippen MR) is 80.1 cm³/mol. The van der Waals surface area contributed by atoms with Crippen molar-refractivity contribution >= 4 is 11.8 Å². The van der Waals surface area contributed by atoms with E-state index in [0.717, 1.165) is 5.56 Å². The molecule has 2 rings (SSSR count). The Bertz CT molecular complexity index is 552. The molecule has 0 aliphatic heterocycles. The first-order valence-electron chi connectivity index (χ1n) is 6.57. The van der Waals surface area contributed by atoms with Gasteiger partial charge in [0.05, 0.1) is 0 Å². The summed E-state index contributed by atoms with van der Waals surface area (Å²) in [4.78, 5) is 0.211. The van der Waals surface area contributed by atoms with Crippen molar-refractivity contribution in [1.82, 2.24) is 5.32 Å². The van der Waals surface area contributed by atoms with Crippen LogP contribution in [-0.4, -0.2) is 5.51 Å². The van der Waals surface area contributed by atoms with Crippen LogP contribution in [0.5, 0.6) is 0 Å². The van der Waals surface area contributed by atoms with Gasteiger partial charge in [0.15, 0.2) is 0 Å². The lowest BCUT2D eigenvalue weighted by atomic mass is 10.1. The van der Waals surface area contributed by atoms with E-state index in [9.17, 15) is 13.2 Å². The molecule has 0 amide bonds. The fraction of sp³-hybridized carbons (Fsp3) is 0.250. The molecule has 0 saturated carbocycles. The van der Waals surface area contributed by atoms with E-state index in [1.165, 1.54) is 17.7 Å². The van der Waals surface area contributed by atoms with Crippen LogP contribution in [0.1, 0.15) is 24.1 Å². The second kappa shape index (κ2) is 7.00. The Morgan fingerprint density at radius 3 is 2.19 bits per heavy atom. The van der Waals surface area contributed by atoms with Gasteiger partial charge in [0, 0.05) is 17.5 Å². The first-order valence-corrected chi connectivity index (χ1v) is 7.39. The maximum absolute atomic E-state index is 12.2. The van der Waals surface area contributed by atoms with Gasteiger partial charge in [0.25, 0.3) is 0 Å². The van der Waals surface area contributed by atoms with Crippen molar-refractivity contribution in [2.24, 2.45) is 0 Å². The molecule has 0 radical (unpaired) electrons. The Hall–Kier alpha value is -1.46. The topological polar surface area (TPSA) is 12.0 Å². The highest BCUT2D eigenvalue weighted by atomic mass is 32.2. The molecule has 0 aromatic heterocycles. The molecule has 0 saturated heterocycles. The minimum Gasteiger partial charge on any atom is -0.306 e. The Balaban J connectivity index is 1.89. The summed E-state index contributed by atoms with van der Waals surface area (Å²) in [5.74, 6) is 0. The van der Waals surface area contributed by atoms with Crippen molar-refractivity contribution in [3.05, 3.63) is 65.7 Å². The average molecular weight is 311 g/mol. The fourth-order valence-electron chi connectivity index (χ4n) is 1.94. The van der Waals surface area contributed by atoms with Crippen LogP contribution in [-0.2, 0) is 6.54 Å². The second-order valence-corrected chi connectivity index (χ2v) is 5.84. The highest BCUT2D eigenvalue weighted by Crippen LogP contribution is 2.36. The van der Waals surface area contributed by atoms with E-state index in [0.29, 0.717) is 6.54 Å². The molecule has 1 nitrogen and oxygen atoms in total. The lowest BCUT2D eigenvalue weighted by molar-refractivity contribution is -0.0328. The van der Waals surface area contributed by atoms with Crippen molar-refractivity contribution < 1.29 is 13.2 Å². The summed E-state index contributed by atoms with van der Waals surface area (Å²) in [6, 6.07) is 16.7. The van der Waals surface area contributed by atoms with Crippen molar-refractivity contribution in [2.45, 2.75) is 29.9 Å². The van der Waals surface area contributed by atoms with Gasteiger partial charge < -0.3 is 5.32 Å². The third-order valence-corrected chi connectivity index (χ3v) is 3.81. The van der Waals surface area contributed by atoms with Gasteiger partial charge in [-0.1, -0.05) is 42.5 Å². The van der Waals surface area contributed by atoms with Crippen molar-refractivity contribution in [1.29, 1.82) is 0 Å². The summed E-state index contributed by atoms with van der Waals surface area (Å²) in [6.07, 6.45) is 0. The summed E-state index contributed by atoms with van der Waals surface area (Å²) < 4.78 is 36.7. The maximum Gasteiger partial charge on any atom is 0.446 e. The van der Waals surface area contributed by atoms with Gasteiger partial charge in [0.1, 0.15) is 0 Å². The standard InChI is InChI=1S/C16H16F3NS/c1-12(14-5-3-2-4-6-14)20-11-13-7-9-15(10-8-13)21-16(17,18)19/h2-10,12,20H,11H2,1H3/t12-/m0/s1. The Morgan fingerprint density at radius 1 is 1.00 bits per heavy atom. The Morgan fingerprint density at radius 2 is 1.62 bits per heavy atom. The largest absolute Gasteiger partial charge is 0.446 e. The van der Waals surface area contributed by atoms with Crippen molar-refractivity contribution in [2.75, 3.05) is 0 Å². The lowest BCUT2D eigenvalue weighted by Crippen LogP contribution is -2.17. The molecule has 0 aliphatic rings. The molecule has 21 heavy (non-hydrogen) atoms. The Kier molecular flexibility index (Phi) is 5.31. The maximum atomic E-state index is 12.2. The number of hydrogen-bond donors (Lipinski definition) is 1. The quantitative estimate of drug-likeness (QED) is 0.766. The summed E-state index contributed by atoms with van der Waals surface area (Å²) in [5.41, 5.74) is -2.09. The molecule has 1 atom stereocenters. The molecule has 0 heterocycles. The van der Waals surface area contributed by atoms with Crippen LogP contribution < -0.4 is 5.32 Å². The molecule has 5 heteroatoms. The number of halogens is 3. The summed E-state index contributed by atoms with van der Waals surface area (Å²) in [6.45, 7) is 2.68. The second-order valence-electron chi connectivity index (χ2n) is 4.71. The summed E-state index contributed by atoms with van der Waals surface area (Å²) >= 11 is -0.0897. The van der Waals surface area contributed by atoms with E-state index in [1.807, 2.05) is 30.3 Å². The molecule has 112 valence electrons. The third-order valence-electron chi connectivity index (χ3n) is 3.07. The SMILES string of the molecule is C[C@H](NCc1ccc(SC(F)(F)F)cc1)c1ccccc1. The molecule has 1 N–H and O–H groups in total. The molecule has 0 unspecified atom stereocenters. The van der Waals surface area contributed by atoms with E-state index in [2.05, 4.69) is 12.2 Å². The predicted octanol–water partition coefficient (Wildman–Crippen LogP) is 5.15. The van der Waals surface area contributed by atoms with Gasteiger partial charge in [-0.2, -0.15) is 13.2 Å². The van der Waals surface area contributed by atoms with Gasteiger partial charge in [-0.05, 0) is 41.9 Å². The van der Waals surface area contributed by atoms with Crippen LogP contribution in [0.3, 0.4) is 0 Å². The third kappa shape index (κ3) is 5.44. The van der Waals surface area contributed by atoms with E-state index in [4.69, 9.17) is 0 Å². The molecular weight excluding hydrogens is 295 g/mol. The first kappa shape index (κ1) is 15.9. The van der Waals surface area contributed by atoms with Crippen LogP contribution in [0.15, 0.2) is 59.5 Å². The zero-order chi connectivity index (χ0) is 15.3. The zero-order valence-electron chi connectivity index (χ0n) is 11.5. The van der Waals surface area contributed by atoms with E-state index < -0.39 is 5.51 Å². The minimum atomic E-state index is -4.23. The van der Waals surface area contributed by atoms with E-state index >= 15 is 0 Å².